The fourth-order valence-electron chi connectivity index (χ4n) is 2.24. The number of nitrogens with zero attached hydrogens (tertiary/aromatic N) is 3. The van der Waals surface area contributed by atoms with E-state index in [0.29, 0.717) is 5.95 Å². The number of rotatable bonds is 5. The van der Waals surface area contributed by atoms with Crippen LogP contribution in [0.5, 0.6) is 0 Å². The predicted molar refractivity (Wildman–Crippen MR) is 89.2 cm³/mol. The Morgan fingerprint density at radius 1 is 1.33 bits per heavy atom. The molecule has 2 rings (SSSR count). The normalized spacial score (nSPS) is 12.0. The second-order valence-corrected chi connectivity index (χ2v) is 5.45. The minimum atomic E-state index is 0.127. The lowest BCUT2D eigenvalue weighted by molar-refractivity contribution is 0.724. The molecule has 4 nitrogen and oxygen atoms in total. The molecule has 0 aliphatic heterocycles. The van der Waals surface area contributed by atoms with Crippen molar-refractivity contribution in [3.8, 4) is 0 Å². The number of anilines is 2. The molecular formula is C16H21ClN4. The van der Waals surface area contributed by atoms with Gasteiger partial charge in [0, 0.05) is 30.4 Å². The first-order valence-electron chi connectivity index (χ1n) is 7.09. The molecule has 21 heavy (non-hydrogen) atoms. The van der Waals surface area contributed by atoms with Gasteiger partial charge in [0.1, 0.15) is 5.82 Å². The van der Waals surface area contributed by atoms with Crippen LogP contribution in [0.15, 0.2) is 30.5 Å². The highest BCUT2D eigenvalue weighted by Gasteiger charge is 2.18. The third-order valence-electron chi connectivity index (χ3n) is 3.55. The summed E-state index contributed by atoms with van der Waals surface area (Å²) in [5, 5.41) is 3.92. The fourth-order valence-corrected chi connectivity index (χ4v) is 2.53. The molecule has 0 saturated carbocycles. The Morgan fingerprint density at radius 2 is 2.05 bits per heavy atom. The van der Waals surface area contributed by atoms with Crippen LogP contribution in [0.25, 0.3) is 0 Å². The van der Waals surface area contributed by atoms with Crippen molar-refractivity contribution in [2.45, 2.75) is 26.8 Å². The molecule has 0 aliphatic carbocycles. The molecule has 1 unspecified atom stereocenters. The van der Waals surface area contributed by atoms with E-state index in [1.165, 1.54) is 0 Å². The average molecular weight is 305 g/mol. The Kier molecular flexibility index (Phi) is 5.02. The highest BCUT2D eigenvalue weighted by molar-refractivity contribution is 6.31. The van der Waals surface area contributed by atoms with Crippen LogP contribution in [0, 0.1) is 6.92 Å². The van der Waals surface area contributed by atoms with Crippen LogP contribution in [-0.4, -0.2) is 23.6 Å². The number of hydrogen-bond donors (Lipinski definition) is 1. The second kappa shape index (κ2) is 6.76. The van der Waals surface area contributed by atoms with Crippen LogP contribution in [0.1, 0.15) is 31.0 Å². The zero-order valence-electron chi connectivity index (χ0n) is 12.9. The number of aryl methyl sites for hydroxylation is 1. The first-order valence-corrected chi connectivity index (χ1v) is 7.47. The summed E-state index contributed by atoms with van der Waals surface area (Å²) in [6, 6.07) is 8.03. The van der Waals surface area contributed by atoms with Crippen LogP contribution < -0.4 is 10.2 Å². The molecule has 112 valence electrons. The summed E-state index contributed by atoms with van der Waals surface area (Å²) < 4.78 is 0. The van der Waals surface area contributed by atoms with Gasteiger partial charge in [-0.3, -0.25) is 0 Å². The third-order valence-corrected chi connectivity index (χ3v) is 3.89. The molecule has 1 aromatic carbocycles. The van der Waals surface area contributed by atoms with Crippen LogP contribution >= 0.6 is 11.6 Å². The van der Waals surface area contributed by atoms with E-state index in [9.17, 15) is 0 Å². The van der Waals surface area contributed by atoms with Gasteiger partial charge in [0.15, 0.2) is 0 Å². The zero-order valence-corrected chi connectivity index (χ0v) is 13.6. The van der Waals surface area contributed by atoms with Crippen molar-refractivity contribution in [1.29, 1.82) is 0 Å². The van der Waals surface area contributed by atoms with Gasteiger partial charge < -0.3 is 10.2 Å². The lowest BCUT2D eigenvalue weighted by Gasteiger charge is -2.28. The molecular weight excluding hydrogens is 284 g/mol. The predicted octanol–water partition coefficient (Wildman–Crippen LogP) is 4.07. The molecule has 0 fully saturated rings. The number of halogens is 1. The van der Waals surface area contributed by atoms with Gasteiger partial charge >= 0.3 is 0 Å². The SMILES string of the molecule is CCNc1ncc(C)c(N(C)C(C)c2ccccc2Cl)n1. The van der Waals surface area contributed by atoms with E-state index >= 15 is 0 Å². The Balaban J connectivity index is 2.33. The topological polar surface area (TPSA) is 41.1 Å². The van der Waals surface area contributed by atoms with Crippen LogP contribution in [0.2, 0.25) is 5.02 Å². The molecule has 2 aromatic rings. The molecule has 1 N–H and O–H groups in total. The molecule has 1 aromatic heterocycles. The first-order chi connectivity index (χ1) is 10.0. The van der Waals surface area contributed by atoms with Gasteiger partial charge in [-0.25, -0.2) is 4.98 Å². The molecule has 0 radical (unpaired) electrons. The lowest BCUT2D eigenvalue weighted by Crippen LogP contribution is -2.24. The highest BCUT2D eigenvalue weighted by atomic mass is 35.5. The summed E-state index contributed by atoms with van der Waals surface area (Å²) in [4.78, 5) is 11.0. The van der Waals surface area contributed by atoms with Gasteiger partial charge in [-0.2, -0.15) is 4.98 Å². The van der Waals surface area contributed by atoms with Crippen molar-refractivity contribution in [1.82, 2.24) is 9.97 Å². The molecule has 0 saturated heterocycles. The summed E-state index contributed by atoms with van der Waals surface area (Å²) in [5.74, 6) is 1.56. The minimum Gasteiger partial charge on any atom is -0.354 e. The molecule has 0 bridgehead atoms. The van der Waals surface area contributed by atoms with Gasteiger partial charge in [0.05, 0.1) is 6.04 Å². The summed E-state index contributed by atoms with van der Waals surface area (Å²) >= 11 is 6.30. The van der Waals surface area contributed by atoms with Gasteiger partial charge in [-0.1, -0.05) is 29.8 Å². The van der Waals surface area contributed by atoms with Crippen molar-refractivity contribution in [2.24, 2.45) is 0 Å². The molecule has 1 heterocycles. The average Bonchev–Trinajstić information content (AvgIpc) is 2.48. The zero-order chi connectivity index (χ0) is 15.4. The molecule has 1 atom stereocenters. The monoisotopic (exact) mass is 304 g/mol. The van der Waals surface area contributed by atoms with Crippen molar-refractivity contribution >= 4 is 23.4 Å². The van der Waals surface area contributed by atoms with E-state index in [4.69, 9.17) is 11.6 Å². The quantitative estimate of drug-likeness (QED) is 0.904. The van der Waals surface area contributed by atoms with E-state index in [0.717, 1.165) is 28.5 Å². The summed E-state index contributed by atoms with van der Waals surface area (Å²) in [6.07, 6.45) is 1.84. The first kappa shape index (κ1) is 15.6. The van der Waals surface area contributed by atoms with Gasteiger partial charge in [-0.15, -0.1) is 0 Å². The fraction of sp³-hybridized carbons (Fsp3) is 0.375. The molecule has 0 amide bonds. The Bertz CT molecular complexity index is 615. The lowest BCUT2D eigenvalue weighted by atomic mass is 10.1. The standard InChI is InChI=1S/C16H21ClN4/c1-5-18-16-19-10-11(2)15(20-16)21(4)12(3)13-8-6-7-9-14(13)17/h6-10,12H,5H2,1-4H3,(H,18,19,20). The maximum atomic E-state index is 6.30. The van der Waals surface area contributed by atoms with E-state index in [1.807, 2.05) is 51.4 Å². The number of aromatic nitrogens is 2. The number of hydrogen-bond acceptors (Lipinski definition) is 4. The van der Waals surface area contributed by atoms with E-state index in [1.54, 1.807) is 0 Å². The largest absolute Gasteiger partial charge is 0.354 e. The molecule has 5 heteroatoms. The van der Waals surface area contributed by atoms with E-state index in [2.05, 4.69) is 27.1 Å². The Labute approximate surface area is 131 Å². The summed E-state index contributed by atoms with van der Waals surface area (Å²) in [5.41, 5.74) is 2.13. The van der Waals surface area contributed by atoms with Crippen molar-refractivity contribution in [3.05, 3.63) is 46.6 Å². The van der Waals surface area contributed by atoms with Gasteiger partial charge in [-0.05, 0) is 32.4 Å². The smallest absolute Gasteiger partial charge is 0.224 e. The van der Waals surface area contributed by atoms with Crippen LogP contribution in [0.3, 0.4) is 0 Å². The van der Waals surface area contributed by atoms with E-state index < -0.39 is 0 Å². The van der Waals surface area contributed by atoms with Gasteiger partial charge in [0.25, 0.3) is 0 Å². The van der Waals surface area contributed by atoms with Crippen LogP contribution in [-0.2, 0) is 0 Å². The number of benzene rings is 1. The third kappa shape index (κ3) is 3.45. The second-order valence-electron chi connectivity index (χ2n) is 5.04. The van der Waals surface area contributed by atoms with Gasteiger partial charge in [0.2, 0.25) is 5.95 Å². The maximum absolute atomic E-state index is 6.30. The molecule has 0 spiro atoms. The summed E-state index contributed by atoms with van der Waals surface area (Å²) in [6.45, 7) is 6.96. The van der Waals surface area contributed by atoms with E-state index in [-0.39, 0.29) is 6.04 Å². The van der Waals surface area contributed by atoms with Crippen molar-refractivity contribution < 1.29 is 0 Å². The number of nitrogens with one attached hydrogen (secondary N) is 1. The summed E-state index contributed by atoms with van der Waals surface area (Å²) in [7, 11) is 2.03. The van der Waals surface area contributed by atoms with Crippen LogP contribution in [0.4, 0.5) is 11.8 Å². The Morgan fingerprint density at radius 3 is 2.71 bits per heavy atom. The Hall–Kier alpha value is -1.81. The molecule has 0 aliphatic rings. The van der Waals surface area contributed by atoms with Crippen molar-refractivity contribution in [3.63, 3.8) is 0 Å². The maximum Gasteiger partial charge on any atom is 0.224 e. The van der Waals surface area contributed by atoms with Crippen molar-refractivity contribution in [2.75, 3.05) is 23.8 Å². The minimum absolute atomic E-state index is 0.127. The highest BCUT2D eigenvalue weighted by Crippen LogP contribution is 2.30.